The van der Waals surface area contributed by atoms with E-state index in [0.29, 0.717) is 12.1 Å². The van der Waals surface area contributed by atoms with Crippen molar-refractivity contribution in [3.8, 4) is 6.07 Å². The van der Waals surface area contributed by atoms with Crippen LogP contribution < -0.4 is 5.32 Å². The van der Waals surface area contributed by atoms with Gasteiger partial charge in [-0.15, -0.1) is 11.8 Å². The predicted molar refractivity (Wildman–Crippen MR) is 89.1 cm³/mol. The van der Waals surface area contributed by atoms with Crippen LogP contribution in [0.4, 0.5) is 5.69 Å². The highest BCUT2D eigenvalue weighted by Crippen LogP contribution is 2.32. The molecular formula is C17H15N3OS. The topological polar surface area (TPSA) is 61.9 Å². The summed E-state index contributed by atoms with van der Waals surface area (Å²) in [4.78, 5) is 4.57. The second kappa shape index (κ2) is 6.54. The zero-order valence-electron chi connectivity index (χ0n) is 12.2. The van der Waals surface area contributed by atoms with Gasteiger partial charge in [0.25, 0.3) is 0 Å². The molecule has 1 aromatic carbocycles. The minimum Gasteiger partial charge on any atom is -0.469 e. The minimum absolute atomic E-state index is 0.602. The fraction of sp³-hybridized carbons (Fsp3) is 0.176. The van der Waals surface area contributed by atoms with E-state index in [9.17, 15) is 5.26 Å². The van der Waals surface area contributed by atoms with Gasteiger partial charge in [-0.3, -0.25) is 0 Å². The van der Waals surface area contributed by atoms with Crippen LogP contribution in [0.15, 0.2) is 52.1 Å². The van der Waals surface area contributed by atoms with Crippen molar-refractivity contribution in [2.75, 3.05) is 18.1 Å². The molecule has 3 rings (SSSR count). The first-order valence-corrected chi connectivity index (χ1v) is 8.19. The molecule has 0 spiro atoms. The minimum atomic E-state index is 0.602. The quantitative estimate of drug-likeness (QED) is 0.720. The number of anilines is 1. The second-order valence-electron chi connectivity index (χ2n) is 4.76. The van der Waals surface area contributed by atoms with E-state index < -0.39 is 0 Å². The molecule has 0 saturated carbocycles. The molecule has 0 amide bonds. The highest BCUT2D eigenvalue weighted by molar-refractivity contribution is 7.98. The third-order valence-corrected chi connectivity index (χ3v) is 4.10. The van der Waals surface area contributed by atoms with E-state index in [-0.39, 0.29) is 0 Å². The Hall–Kier alpha value is -2.45. The molecule has 0 aliphatic heterocycles. The number of benzene rings is 1. The molecule has 0 aliphatic carbocycles. The summed E-state index contributed by atoms with van der Waals surface area (Å²) in [5, 5.41) is 14.6. The lowest BCUT2D eigenvalue weighted by molar-refractivity contribution is 0.513. The number of nitrogens with one attached hydrogen (secondary N) is 1. The van der Waals surface area contributed by atoms with Gasteiger partial charge in [0.2, 0.25) is 0 Å². The average molecular weight is 309 g/mol. The molecule has 22 heavy (non-hydrogen) atoms. The molecule has 0 aliphatic rings. The Bertz CT molecular complexity index is 822. The van der Waals surface area contributed by atoms with Crippen molar-refractivity contribution >= 4 is 28.4 Å². The van der Waals surface area contributed by atoms with Gasteiger partial charge in [0, 0.05) is 18.4 Å². The van der Waals surface area contributed by atoms with Crippen LogP contribution >= 0.6 is 11.8 Å². The molecule has 110 valence electrons. The van der Waals surface area contributed by atoms with Crippen LogP contribution in [0.1, 0.15) is 11.3 Å². The molecule has 3 aromatic rings. The lowest BCUT2D eigenvalue weighted by atomic mass is 10.1. The van der Waals surface area contributed by atoms with E-state index in [2.05, 4.69) is 16.4 Å². The zero-order chi connectivity index (χ0) is 15.4. The summed E-state index contributed by atoms with van der Waals surface area (Å²) >= 11 is 1.49. The van der Waals surface area contributed by atoms with E-state index >= 15 is 0 Å². The van der Waals surface area contributed by atoms with Crippen molar-refractivity contribution in [1.82, 2.24) is 4.98 Å². The Morgan fingerprint density at radius 2 is 2.14 bits per heavy atom. The molecule has 0 fully saturated rings. The van der Waals surface area contributed by atoms with Crippen LogP contribution in [-0.4, -0.2) is 17.8 Å². The molecule has 0 atom stereocenters. The summed E-state index contributed by atoms with van der Waals surface area (Å²) in [5.41, 5.74) is 2.35. The Kier molecular flexibility index (Phi) is 4.31. The Morgan fingerprint density at radius 1 is 1.27 bits per heavy atom. The van der Waals surface area contributed by atoms with E-state index in [1.165, 1.54) is 11.8 Å². The Labute approximate surface area is 133 Å². The number of hydrogen-bond acceptors (Lipinski definition) is 5. The fourth-order valence-corrected chi connectivity index (χ4v) is 2.93. The summed E-state index contributed by atoms with van der Waals surface area (Å²) in [5.74, 6) is 0.925. The normalized spacial score (nSPS) is 10.5. The third-order valence-electron chi connectivity index (χ3n) is 3.42. The molecule has 0 radical (unpaired) electrons. The van der Waals surface area contributed by atoms with Gasteiger partial charge in [0.15, 0.2) is 0 Å². The van der Waals surface area contributed by atoms with E-state index in [1.807, 2.05) is 42.7 Å². The number of nitriles is 1. The van der Waals surface area contributed by atoms with Crippen molar-refractivity contribution in [2.24, 2.45) is 0 Å². The van der Waals surface area contributed by atoms with Crippen LogP contribution in [0.3, 0.4) is 0 Å². The summed E-state index contributed by atoms with van der Waals surface area (Å²) < 4.78 is 5.34. The smallest absolute Gasteiger partial charge is 0.116 e. The van der Waals surface area contributed by atoms with Crippen LogP contribution in [0.5, 0.6) is 0 Å². The zero-order valence-corrected chi connectivity index (χ0v) is 13.0. The van der Waals surface area contributed by atoms with E-state index in [0.717, 1.165) is 33.8 Å². The number of thioether (sulfide) groups is 1. The van der Waals surface area contributed by atoms with Crippen molar-refractivity contribution in [2.45, 2.75) is 11.4 Å². The maximum absolute atomic E-state index is 9.51. The van der Waals surface area contributed by atoms with Gasteiger partial charge in [0.1, 0.15) is 22.4 Å². The maximum atomic E-state index is 9.51. The summed E-state index contributed by atoms with van der Waals surface area (Å²) in [6.45, 7) is 0.698. The number of hydrogen-bond donors (Lipinski definition) is 1. The number of fused-ring (bicyclic) bond motifs is 1. The summed E-state index contributed by atoms with van der Waals surface area (Å²) in [6, 6.07) is 14.0. The number of pyridine rings is 1. The molecule has 0 unspecified atom stereocenters. The fourth-order valence-electron chi connectivity index (χ4n) is 2.39. The monoisotopic (exact) mass is 309 g/mol. The van der Waals surface area contributed by atoms with Crippen molar-refractivity contribution in [3.05, 3.63) is 54.0 Å². The standard InChI is InChI=1S/C17H15N3OS/c1-22-17-14(11-18)16(13-6-2-3-7-15(13)20-17)19-9-8-12-5-4-10-21-12/h2-7,10H,8-9H2,1H3,(H,19,20). The number of rotatable bonds is 5. The largest absolute Gasteiger partial charge is 0.469 e. The van der Waals surface area contributed by atoms with Crippen LogP contribution in [0, 0.1) is 11.3 Å². The van der Waals surface area contributed by atoms with E-state index in [4.69, 9.17) is 4.42 Å². The third kappa shape index (κ3) is 2.78. The number of para-hydroxylation sites is 1. The first-order chi connectivity index (χ1) is 10.8. The van der Waals surface area contributed by atoms with Crippen LogP contribution in [0.2, 0.25) is 0 Å². The van der Waals surface area contributed by atoms with Crippen molar-refractivity contribution in [1.29, 1.82) is 5.26 Å². The summed E-state index contributed by atoms with van der Waals surface area (Å²) in [7, 11) is 0. The van der Waals surface area contributed by atoms with Gasteiger partial charge in [-0.1, -0.05) is 18.2 Å². The highest BCUT2D eigenvalue weighted by atomic mass is 32.2. The van der Waals surface area contributed by atoms with Crippen LogP contribution in [-0.2, 0) is 6.42 Å². The molecular weight excluding hydrogens is 294 g/mol. The van der Waals surface area contributed by atoms with Gasteiger partial charge in [0.05, 0.1) is 17.5 Å². The first kappa shape index (κ1) is 14.5. The van der Waals surface area contributed by atoms with E-state index in [1.54, 1.807) is 6.26 Å². The molecule has 0 bridgehead atoms. The SMILES string of the molecule is CSc1nc2ccccc2c(NCCc2ccco2)c1C#N. The molecule has 2 aromatic heterocycles. The molecule has 5 heteroatoms. The van der Waals surface area contributed by atoms with Gasteiger partial charge < -0.3 is 9.73 Å². The molecule has 4 nitrogen and oxygen atoms in total. The van der Waals surface area contributed by atoms with Crippen molar-refractivity contribution in [3.63, 3.8) is 0 Å². The van der Waals surface area contributed by atoms with Gasteiger partial charge >= 0.3 is 0 Å². The highest BCUT2D eigenvalue weighted by Gasteiger charge is 2.14. The average Bonchev–Trinajstić information content (AvgIpc) is 3.07. The first-order valence-electron chi connectivity index (χ1n) is 6.96. The lowest BCUT2D eigenvalue weighted by Crippen LogP contribution is -2.07. The van der Waals surface area contributed by atoms with Crippen molar-refractivity contribution < 1.29 is 4.42 Å². The second-order valence-corrected chi connectivity index (χ2v) is 5.55. The number of nitrogens with zero attached hydrogens (tertiary/aromatic N) is 2. The summed E-state index contributed by atoms with van der Waals surface area (Å²) in [6.07, 6.45) is 4.37. The Morgan fingerprint density at radius 3 is 2.86 bits per heavy atom. The number of furan rings is 1. The Balaban J connectivity index is 1.96. The number of aromatic nitrogens is 1. The van der Waals surface area contributed by atoms with Gasteiger partial charge in [-0.05, 0) is 24.5 Å². The van der Waals surface area contributed by atoms with Gasteiger partial charge in [-0.2, -0.15) is 5.26 Å². The van der Waals surface area contributed by atoms with Gasteiger partial charge in [-0.25, -0.2) is 4.98 Å². The lowest BCUT2D eigenvalue weighted by Gasteiger charge is -2.13. The van der Waals surface area contributed by atoms with Crippen LogP contribution in [0.25, 0.3) is 10.9 Å². The maximum Gasteiger partial charge on any atom is 0.116 e. The molecule has 0 saturated heterocycles. The molecule has 2 heterocycles. The predicted octanol–water partition coefficient (Wildman–Crippen LogP) is 4.08. The molecule has 1 N–H and O–H groups in total.